The zero-order valence-corrected chi connectivity index (χ0v) is 18.2. The Morgan fingerprint density at radius 2 is 1.97 bits per heavy atom. The largest absolute Gasteiger partial charge is 0.479 e. The van der Waals surface area contributed by atoms with Gasteiger partial charge in [0.1, 0.15) is 5.75 Å². The fourth-order valence-corrected chi connectivity index (χ4v) is 3.51. The summed E-state index contributed by atoms with van der Waals surface area (Å²) < 4.78 is 5.73. The second-order valence-corrected chi connectivity index (χ2v) is 8.09. The molecule has 2 N–H and O–H groups in total. The normalized spacial score (nSPS) is 15.8. The summed E-state index contributed by atoms with van der Waals surface area (Å²) in [6.45, 7) is 14.0. The topological polar surface area (TPSA) is 70.7 Å². The lowest BCUT2D eigenvalue weighted by molar-refractivity contribution is -0.125. The van der Waals surface area contributed by atoms with Crippen LogP contribution in [0, 0.1) is 0 Å². The Kier molecular flexibility index (Phi) is 5.87. The van der Waals surface area contributed by atoms with E-state index in [1.807, 2.05) is 52.0 Å². The van der Waals surface area contributed by atoms with Crippen LogP contribution in [0.4, 0.5) is 16.2 Å². The molecule has 1 aliphatic heterocycles. The lowest BCUT2D eigenvalue weighted by atomic mass is 9.92. The fourth-order valence-electron chi connectivity index (χ4n) is 3.51. The van der Waals surface area contributed by atoms with E-state index in [1.54, 1.807) is 30.0 Å². The Labute approximate surface area is 177 Å². The van der Waals surface area contributed by atoms with Gasteiger partial charge in [-0.3, -0.25) is 4.79 Å². The lowest BCUT2D eigenvalue weighted by Gasteiger charge is -2.32. The molecule has 1 heterocycles. The number of amides is 3. The number of ether oxygens (including phenoxy) is 1. The Bertz CT molecular complexity index is 997. The van der Waals surface area contributed by atoms with Crippen molar-refractivity contribution in [3.8, 4) is 5.75 Å². The van der Waals surface area contributed by atoms with Crippen LogP contribution in [0.1, 0.15) is 45.7 Å². The maximum absolute atomic E-state index is 12.7. The molecule has 6 nitrogen and oxygen atoms in total. The van der Waals surface area contributed by atoms with E-state index in [-0.39, 0.29) is 11.9 Å². The first-order chi connectivity index (χ1) is 14.1. The highest BCUT2D eigenvalue weighted by Crippen LogP contribution is 2.36. The molecule has 158 valence electrons. The van der Waals surface area contributed by atoms with Gasteiger partial charge in [0.15, 0.2) is 6.10 Å². The van der Waals surface area contributed by atoms with Crippen LogP contribution in [0.2, 0.25) is 0 Å². The number of nitrogens with one attached hydrogen (secondary N) is 2. The van der Waals surface area contributed by atoms with Crippen LogP contribution < -0.4 is 20.3 Å². The summed E-state index contributed by atoms with van der Waals surface area (Å²) in [7, 11) is 0. The van der Waals surface area contributed by atoms with Crippen molar-refractivity contribution in [1.29, 1.82) is 0 Å². The monoisotopic (exact) mass is 407 g/mol. The van der Waals surface area contributed by atoms with E-state index < -0.39 is 11.6 Å². The number of likely N-dealkylation sites (N-methyl/N-ethyl adjacent to an activating group) is 1. The Hall–Kier alpha value is -3.28. The number of urea groups is 1. The standard InChI is InChI=1S/C24H29N3O3/c1-7-27-20-12-11-19(14-21(20)30-16(4)22(27)28)25-23(29)26-24(5,6)18-10-8-9-17(13-18)15(2)3/h8-14,16H,2,7H2,1,3-6H3,(H2,25,26,29). The smallest absolute Gasteiger partial charge is 0.319 e. The highest BCUT2D eigenvalue weighted by atomic mass is 16.5. The summed E-state index contributed by atoms with van der Waals surface area (Å²) in [5, 5.41) is 5.88. The van der Waals surface area contributed by atoms with E-state index >= 15 is 0 Å². The third-order valence-corrected chi connectivity index (χ3v) is 5.25. The number of hydrogen-bond donors (Lipinski definition) is 2. The number of hydrogen-bond acceptors (Lipinski definition) is 3. The first-order valence-corrected chi connectivity index (χ1v) is 10.1. The Balaban J connectivity index is 1.75. The van der Waals surface area contributed by atoms with Gasteiger partial charge in [-0.25, -0.2) is 4.79 Å². The number of benzene rings is 2. The SMILES string of the molecule is C=C(C)c1cccc(C(C)(C)NC(=O)Nc2ccc3c(c2)OC(C)C(=O)N3CC)c1. The highest BCUT2D eigenvalue weighted by Gasteiger charge is 2.31. The minimum absolute atomic E-state index is 0.0674. The average molecular weight is 408 g/mol. The van der Waals surface area contributed by atoms with Gasteiger partial charge in [0.25, 0.3) is 5.91 Å². The number of rotatable bonds is 5. The van der Waals surface area contributed by atoms with Crippen molar-refractivity contribution in [2.24, 2.45) is 0 Å². The van der Waals surface area contributed by atoms with Crippen molar-refractivity contribution in [1.82, 2.24) is 5.32 Å². The summed E-state index contributed by atoms with van der Waals surface area (Å²) >= 11 is 0. The number of nitrogens with zero attached hydrogens (tertiary/aromatic N) is 1. The maximum atomic E-state index is 12.7. The molecular weight excluding hydrogens is 378 g/mol. The molecule has 0 aromatic heterocycles. The molecule has 1 unspecified atom stereocenters. The van der Waals surface area contributed by atoms with Crippen LogP contribution in [-0.4, -0.2) is 24.6 Å². The van der Waals surface area contributed by atoms with Crippen LogP contribution in [0.5, 0.6) is 5.75 Å². The van der Waals surface area contributed by atoms with Crippen molar-refractivity contribution in [2.45, 2.75) is 46.3 Å². The van der Waals surface area contributed by atoms with Gasteiger partial charge in [0.05, 0.1) is 11.2 Å². The molecule has 3 amide bonds. The van der Waals surface area contributed by atoms with Crippen LogP contribution >= 0.6 is 0 Å². The van der Waals surface area contributed by atoms with Crippen LogP contribution in [0.25, 0.3) is 5.57 Å². The summed E-state index contributed by atoms with van der Waals surface area (Å²) in [5.74, 6) is 0.511. The third kappa shape index (κ3) is 4.32. The van der Waals surface area contributed by atoms with Crippen LogP contribution in [0.3, 0.4) is 0 Å². The predicted octanol–water partition coefficient (Wildman–Crippen LogP) is 4.91. The molecule has 2 aromatic carbocycles. The molecule has 0 spiro atoms. The average Bonchev–Trinajstić information content (AvgIpc) is 2.68. The summed E-state index contributed by atoms with van der Waals surface area (Å²) in [6, 6.07) is 13.0. The summed E-state index contributed by atoms with van der Waals surface area (Å²) in [5.41, 5.74) is 3.72. The second kappa shape index (κ2) is 8.22. The molecule has 0 aliphatic carbocycles. The quantitative estimate of drug-likeness (QED) is 0.740. The first-order valence-electron chi connectivity index (χ1n) is 10.1. The van der Waals surface area contributed by atoms with Gasteiger partial charge in [-0.1, -0.05) is 30.4 Å². The van der Waals surface area contributed by atoms with Gasteiger partial charge in [-0.2, -0.15) is 0 Å². The van der Waals surface area contributed by atoms with E-state index in [2.05, 4.69) is 17.2 Å². The molecule has 3 rings (SSSR count). The van der Waals surface area contributed by atoms with E-state index in [4.69, 9.17) is 4.74 Å². The van der Waals surface area contributed by atoms with Gasteiger partial charge in [-0.15, -0.1) is 0 Å². The molecule has 30 heavy (non-hydrogen) atoms. The molecule has 0 bridgehead atoms. The van der Waals surface area contributed by atoms with E-state index in [0.717, 1.165) is 16.7 Å². The lowest BCUT2D eigenvalue weighted by Crippen LogP contribution is -2.44. The molecular formula is C24H29N3O3. The van der Waals surface area contributed by atoms with Crippen molar-refractivity contribution in [2.75, 3.05) is 16.8 Å². The Morgan fingerprint density at radius 3 is 2.63 bits per heavy atom. The number of carbonyl (C=O) groups is 2. The molecule has 2 aromatic rings. The molecule has 1 aliphatic rings. The molecule has 1 atom stereocenters. The van der Waals surface area contributed by atoms with E-state index in [0.29, 0.717) is 23.7 Å². The summed E-state index contributed by atoms with van der Waals surface area (Å²) in [4.78, 5) is 26.6. The van der Waals surface area contributed by atoms with E-state index in [1.165, 1.54) is 0 Å². The van der Waals surface area contributed by atoms with Crippen molar-refractivity contribution < 1.29 is 14.3 Å². The van der Waals surface area contributed by atoms with Gasteiger partial charge < -0.3 is 20.3 Å². The van der Waals surface area contributed by atoms with E-state index in [9.17, 15) is 9.59 Å². The van der Waals surface area contributed by atoms with Crippen molar-refractivity contribution in [3.05, 3.63) is 60.2 Å². The third-order valence-electron chi connectivity index (χ3n) is 5.25. The van der Waals surface area contributed by atoms with Gasteiger partial charge >= 0.3 is 6.03 Å². The molecule has 0 saturated heterocycles. The maximum Gasteiger partial charge on any atom is 0.319 e. The van der Waals surface area contributed by atoms with Crippen molar-refractivity contribution >= 4 is 28.9 Å². The molecule has 0 fully saturated rings. The molecule has 0 radical (unpaired) electrons. The number of fused-ring (bicyclic) bond motifs is 1. The van der Waals surface area contributed by atoms with Gasteiger partial charge in [0, 0.05) is 18.3 Å². The predicted molar refractivity (Wildman–Crippen MR) is 121 cm³/mol. The van der Waals surface area contributed by atoms with Gasteiger partial charge in [0.2, 0.25) is 0 Å². The molecule has 6 heteroatoms. The molecule has 0 saturated carbocycles. The number of allylic oxidation sites excluding steroid dienone is 1. The summed E-state index contributed by atoms with van der Waals surface area (Å²) in [6.07, 6.45) is -0.555. The van der Waals surface area contributed by atoms with Crippen molar-refractivity contribution in [3.63, 3.8) is 0 Å². The minimum atomic E-state index is -0.583. The number of anilines is 2. The Morgan fingerprint density at radius 1 is 1.23 bits per heavy atom. The minimum Gasteiger partial charge on any atom is -0.479 e. The first kappa shape index (κ1) is 21.4. The van der Waals surface area contributed by atoms with Gasteiger partial charge in [-0.05, 0) is 63.9 Å². The zero-order valence-electron chi connectivity index (χ0n) is 18.2. The second-order valence-electron chi connectivity index (χ2n) is 8.09. The van der Waals surface area contributed by atoms with Crippen LogP contribution in [0.15, 0.2) is 49.0 Å². The zero-order chi connectivity index (χ0) is 22.1. The fraction of sp³-hybridized carbons (Fsp3) is 0.333. The number of carbonyl (C=O) groups excluding carboxylic acids is 2. The van der Waals surface area contributed by atoms with Crippen LogP contribution in [-0.2, 0) is 10.3 Å². The highest BCUT2D eigenvalue weighted by molar-refractivity contribution is 6.00.